The number of nitrogens with zero attached hydrogens (tertiary/aromatic N) is 2. The average Bonchev–Trinajstić information content (AvgIpc) is 2.64. The number of rotatable bonds is 1. The average molecular weight is 300 g/mol. The van der Waals surface area contributed by atoms with E-state index in [2.05, 4.69) is 22.0 Å². The summed E-state index contributed by atoms with van der Waals surface area (Å²) in [7, 11) is 0. The molecule has 1 unspecified atom stereocenters. The van der Waals surface area contributed by atoms with E-state index in [1.165, 1.54) is 0 Å². The fraction of sp³-hybridized carbons (Fsp3) is 0.273. The minimum Gasteiger partial charge on any atom is -0.311 e. The van der Waals surface area contributed by atoms with Gasteiger partial charge in [-0.1, -0.05) is 11.6 Å². The van der Waals surface area contributed by atoms with Gasteiger partial charge < -0.3 is 4.90 Å². The van der Waals surface area contributed by atoms with Gasteiger partial charge in [0.15, 0.2) is 0 Å². The number of hydrogen-bond donors (Lipinski definition) is 0. The maximum Gasteiger partial charge on any atom is 0.228 e. The summed E-state index contributed by atoms with van der Waals surface area (Å²) >= 11 is 9.19. The zero-order valence-electron chi connectivity index (χ0n) is 8.28. The zero-order chi connectivity index (χ0) is 11.7. The lowest BCUT2D eigenvalue weighted by molar-refractivity contribution is -0.117. The van der Waals surface area contributed by atoms with Gasteiger partial charge in [0.1, 0.15) is 0 Å². The van der Waals surface area contributed by atoms with E-state index in [4.69, 9.17) is 16.9 Å². The molecule has 1 aromatic carbocycles. The Morgan fingerprint density at radius 2 is 2.31 bits per heavy atom. The normalized spacial score (nSPS) is 19.9. The molecule has 1 fully saturated rings. The fourth-order valence-corrected chi connectivity index (χ4v) is 2.18. The summed E-state index contributed by atoms with van der Waals surface area (Å²) < 4.78 is 0.750. The summed E-state index contributed by atoms with van der Waals surface area (Å²) in [6.07, 6.45) is 0.302. The van der Waals surface area contributed by atoms with Crippen molar-refractivity contribution in [1.29, 1.82) is 5.26 Å². The Hall–Kier alpha value is -1.05. The van der Waals surface area contributed by atoms with E-state index in [9.17, 15) is 4.79 Å². The first-order valence-corrected chi connectivity index (χ1v) is 5.94. The van der Waals surface area contributed by atoms with Crippen LogP contribution in [0.2, 0.25) is 5.02 Å². The number of benzene rings is 1. The number of carbonyl (C=O) groups excluding carboxylic acids is 1. The minimum atomic E-state index is -0.207. The number of hydrogen-bond acceptors (Lipinski definition) is 2. The van der Waals surface area contributed by atoms with E-state index in [0.717, 1.165) is 10.2 Å². The van der Waals surface area contributed by atoms with E-state index in [1.807, 2.05) is 0 Å². The van der Waals surface area contributed by atoms with Gasteiger partial charge in [0.25, 0.3) is 0 Å². The van der Waals surface area contributed by atoms with Crippen LogP contribution in [0.4, 0.5) is 5.69 Å². The molecule has 0 radical (unpaired) electrons. The second kappa shape index (κ2) is 4.44. The van der Waals surface area contributed by atoms with Crippen LogP contribution in [0.5, 0.6) is 0 Å². The van der Waals surface area contributed by atoms with Crippen molar-refractivity contribution in [2.45, 2.75) is 6.42 Å². The van der Waals surface area contributed by atoms with Crippen LogP contribution in [0.3, 0.4) is 0 Å². The highest BCUT2D eigenvalue weighted by molar-refractivity contribution is 9.10. The van der Waals surface area contributed by atoms with Gasteiger partial charge >= 0.3 is 0 Å². The maximum absolute atomic E-state index is 11.7. The molecule has 0 spiro atoms. The Kier molecular flexibility index (Phi) is 3.17. The monoisotopic (exact) mass is 298 g/mol. The third-order valence-corrected chi connectivity index (χ3v) is 3.74. The summed E-state index contributed by atoms with van der Waals surface area (Å²) in [5, 5.41) is 9.39. The van der Waals surface area contributed by atoms with Crippen LogP contribution in [0.15, 0.2) is 22.7 Å². The van der Waals surface area contributed by atoms with Crippen LogP contribution in [0.1, 0.15) is 6.42 Å². The van der Waals surface area contributed by atoms with Crippen LogP contribution in [0.25, 0.3) is 0 Å². The molecule has 0 bridgehead atoms. The van der Waals surface area contributed by atoms with Crippen LogP contribution in [-0.4, -0.2) is 12.5 Å². The molecule has 1 aliphatic heterocycles. The third kappa shape index (κ3) is 2.06. The number of anilines is 1. The third-order valence-electron chi connectivity index (χ3n) is 2.52. The Morgan fingerprint density at radius 3 is 2.88 bits per heavy atom. The van der Waals surface area contributed by atoms with Crippen molar-refractivity contribution < 1.29 is 4.79 Å². The van der Waals surface area contributed by atoms with Gasteiger partial charge in [-0.05, 0) is 34.1 Å². The number of amides is 1. The van der Waals surface area contributed by atoms with Gasteiger partial charge in [0.2, 0.25) is 5.91 Å². The van der Waals surface area contributed by atoms with Crippen LogP contribution >= 0.6 is 27.5 Å². The smallest absolute Gasteiger partial charge is 0.228 e. The Bertz CT molecular complexity index is 483. The quantitative estimate of drug-likeness (QED) is 0.800. The predicted octanol–water partition coefficient (Wildman–Crippen LogP) is 2.98. The lowest BCUT2D eigenvalue weighted by atomic mass is 10.1. The van der Waals surface area contributed by atoms with E-state index in [0.29, 0.717) is 18.0 Å². The number of halogens is 2. The molecule has 1 heterocycles. The molecule has 1 aliphatic rings. The molecule has 0 N–H and O–H groups in total. The molecule has 2 rings (SSSR count). The van der Waals surface area contributed by atoms with Gasteiger partial charge in [0, 0.05) is 23.1 Å². The zero-order valence-corrected chi connectivity index (χ0v) is 10.6. The molecule has 0 aromatic heterocycles. The number of carbonyl (C=O) groups is 1. The molecule has 82 valence electrons. The molecule has 1 saturated heterocycles. The molecule has 16 heavy (non-hydrogen) atoms. The molecular formula is C11H8BrClN2O. The first kappa shape index (κ1) is 11.4. The molecule has 0 saturated carbocycles. The van der Waals surface area contributed by atoms with Crippen LogP contribution in [0, 0.1) is 17.2 Å². The highest BCUT2D eigenvalue weighted by Gasteiger charge is 2.30. The van der Waals surface area contributed by atoms with Gasteiger partial charge in [-0.3, -0.25) is 4.79 Å². The summed E-state index contributed by atoms with van der Waals surface area (Å²) in [6, 6.07) is 7.42. The summed E-state index contributed by atoms with van der Waals surface area (Å²) in [5.41, 5.74) is 0.777. The number of nitriles is 1. The minimum absolute atomic E-state index is 0.0132. The predicted molar refractivity (Wildman–Crippen MR) is 65.2 cm³/mol. The topological polar surface area (TPSA) is 44.1 Å². The Labute approximate surface area is 107 Å². The Balaban J connectivity index is 2.29. The standard InChI is InChI=1S/C11H8BrClN2O/c12-9-4-8(1-2-10(9)13)15-6-7(5-14)3-11(15)16/h1-2,4,7H,3,6H2. The van der Waals surface area contributed by atoms with Crippen molar-refractivity contribution in [1.82, 2.24) is 0 Å². The van der Waals surface area contributed by atoms with E-state index < -0.39 is 0 Å². The lowest BCUT2D eigenvalue weighted by Crippen LogP contribution is -2.24. The molecule has 1 aromatic rings. The van der Waals surface area contributed by atoms with Crippen LogP contribution < -0.4 is 4.90 Å². The van der Waals surface area contributed by atoms with Gasteiger partial charge in [-0.2, -0.15) is 5.26 Å². The van der Waals surface area contributed by atoms with Crippen molar-refractivity contribution in [3.05, 3.63) is 27.7 Å². The molecule has 5 heteroatoms. The second-order valence-electron chi connectivity index (χ2n) is 3.63. The van der Waals surface area contributed by atoms with Gasteiger partial charge in [0.05, 0.1) is 17.0 Å². The molecule has 1 amide bonds. The van der Waals surface area contributed by atoms with Gasteiger partial charge in [-0.15, -0.1) is 0 Å². The highest BCUT2D eigenvalue weighted by Crippen LogP contribution is 2.30. The fourth-order valence-electron chi connectivity index (χ4n) is 1.70. The SMILES string of the molecule is N#CC1CC(=O)N(c2ccc(Cl)c(Br)c2)C1. The maximum atomic E-state index is 11.7. The molecule has 0 aliphatic carbocycles. The highest BCUT2D eigenvalue weighted by atomic mass is 79.9. The second-order valence-corrected chi connectivity index (χ2v) is 4.89. The molecule has 1 atom stereocenters. The van der Waals surface area contributed by atoms with Crippen molar-refractivity contribution in [3.63, 3.8) is 0 Å². The molecular weight excluding hydrogens is 291 g/mol. The first-order valence-electron chi connectivity index (χ1n) is 4.77. The largest absolute Gasteiger partial charge is 0.311 e. The first-order chi connectivity index (χ1) is 7.61. The van der Waals surface area contributed by atoms with Crippen molar-refractivity contribution >= 4 is 39.1 Å². The summed E-state index contributed by atoms with van der Waals surface area (Å²) in [4.78, 5) is 13.3. The van der Waals surface area contributed by atoms with Crippen molar-refractivity contribution in [2.24, 2.45) is 5.92 Å². The van der Waals surface area contributed by atoms with E-state index in [-0.39, 0.29) is 11.8 Å². The van der Waals surface area contributed by atoms with Crippen LogP contribution in [-0.2, 0) is 4.79 Å². The van der Waals surface area contributed by atoms with Crippen molar-refractivity contribution in [2.75, 3.05) is 11.4 Å². The van der Waals surface area contributed by atoms with Gasteiger partial charge in [-0.25, -0.2) is 0 Å². The summed E-state index contributed by atoms with van der Waals surface area (Å²) in [6.45, 7) is 0.462. The van der Waals surface area contributed by atoms with E-state index in [1.54, 1.807) is 23.1 Å². The van der Waals surface area contributed by atoms with E-state index >= 15 is 0 Å². The van der Waals surface area contributed by atoms with Crippen molar-refractivity contribution in [3.8, 4) is 6.07 Å². The summed E-state index contributed by atoms with van der Waals surface area (Å²) in [5.74, 6) is -0.220. The Morgan fingerprint density at radius 1 is 1.56 bits per heavy atom. The lowest BCUT2D eigenvalue weighted by Gasteiger charge is -2.16. The molecule has 3 nitrogen and oxygen atoms in total.